The summed E-state index contributed by atoms with van der Waals surface area (Å²) in [6.45, 7) is 0. The first-order chi connectivity index (χ1) is 11.0. The zero-order valence-electron chi connectivity index (χ0n) is 12.5. The second-order valence-corrected chi connectivity index (χ2v) is 6.13. The van der Waals surface area contributed by atoms with Crippen LogP contribution in [0.1, 0.15) is 23.2 Å². The van der Waals surface area contributed by atoms with Crippen molar-refractivity contribution in [3.63, 3.8) is 0 Å². The third-order valence-corrected chi connectivity index (χ3v) is 4.35. The average Bonchev–Trinajstić information content (AvgIpc) is 2.84. The summed E-state index contributed by atoms with van der Waals surface area (Å²) >= 11 is 6.20. The van der Waals surface area contributed by atoms with Gasteiger partial charge in [-0.25, -0.2) is 0 Å². The predicted octanol–water partition coefficient (Wildman–Crippen LogP) is 2.33. The lowest BCUT2D eigenvalue weighted by Gasteiger charge is -2.32. The summed E-state index contributed by atoms with van der Waals surface area (Å²) in [7, 11) is 1.74. The number of nitrogens with zero attached hydrogens (tertiary/aromatic N) is 2. The molecule has 120 valence electrons. The number of aliphatic carboxylic acids is 1. The van der Waals surface area contributed by atoms with Gasteiger partial charge in [-0.15, -0.1) is 0 Å². The van der Waals surface area contributed by atoms with E-state index in [4.69, 9.17) is 16.7 Å². The number of aromatic nitrogens is 2. The largest absolute Gasteiger partial charge is 0.481 e. The van der Waals surface area contributed by atoms with Crippen LogP contribution in [0.15, 0.2) is 30.5 Å². The number of carbonyl (C=O) groups is 2. The zero-order chi connectivity index (χ0) is 16.6. The molecule has 2 N–H and O–H groups in total. The maximum absolute atomic E-state index is 12.5. The third kappa shape index (κ3) is 3.07. The summed E-state index contributed by atoms with van der Waals surface area (Å²) in [5, 5.41) is 16.6. The molecule has 0 atom stereocenters. The summed E-state index contributed by atoms with van der Waals surface area (Å²) in [5.74, 6) is -1.44. The Hall–Kier alpha value is -2.34. The SMILES string of the molecule is Cn1cc(C(=O)NC2CC(C(=O)O)C2)c(-c2ccccc2Cl)n1. The molecule has 0 radical (unpaired) electrons. The molecule has 0 aliphatic heterocycles. The van der Waals surface area contributed by atoms with Gasteiger partial charge in [0.05, 0.1) is 16.5 Å². The molecule has 0 saturated heterocycles. The second kappa shape index (κ2) is 6.04. The highest BCUT2D eigenvalue weighted by atomic mass is 35.5. The molecule has 6 nitrogen and oxygen atoms in total. The van der Waals surface area contributed by atoms with E-state index >= 15 is 0 Å². The van der Waals surface area contributed by atoms with Crippen molar-refractivity contribution in [3.8, 4) is 11.3 Å². The first kappa shape index (κ1) is 15.6. The van der Waals surface area contributed by atoms with E-state index in [1.165, 1.54) is 0 Å². The first-order valence-corrected chi connectivity index (χ1v) is 7.65. The van der Waals surface area contributed by atoms with Crippen molar-refractivity contribution >= 4 is 23.5 Å². The van der Waals surface area contributed by atoms with E-state index in [1.54, 1.807) is 24.0 Å². The quantitative estimate of drug-likeness (QED) is 0.899. The van der Waals surface area contributed by atoms with Crippen molar-refractivity contribution in [3.05, 3.63) is 41.0 Å². The van der Waals surface area contributed by atoms with Crippen molar-refractivity contribution in [2.45, 2.75) is 18.9 Å². The van der Waals surface area contributed by atoms with Crippen LogP contribution >= 0.6 is 11.6 Å². The minimum Gasteiger partial charge on any atom is -0.481 e. The van der Waals surface area contributed by atoms with Crippen molar-refractivity contribution in [1.82, 2.24) is 15.1 Å². The van der Waals surface area contributed by atoms with Crippen molar-refractivity contribution < 1.29 is 14.7 Å². The van der Waals surface area contributed by atoms with E-state index in [2.05, 4.69) is 10.4 Å². The molecule has 0 unspecified atom stereocenters. The van der Waals surface area contributed by atoms with Crippen LogP contribution in [0.2, 0.25) is 5.02 Å². The van der Waals surface area contributed by atoms with Crippen molar-refractivity contribution in [2.75, 3.05) is 0 Å². The molecule has 1 aromatic carbocycles. The number of aryl methyl sites for hydroxylation is 1. The molecule has 0 bridgehead atoms. The summed E-state index contributed by atoms with van der Waals surface area (Å²) < 4.78 is 1.56. The number of hydrogen-bond donors (Lipinski definition) is 2. The maximum atomic E-state index is 12.5. The molecule has 0 spiro atoms. The van der Waals surface area contributed by atoms with Crippen LogP contribution in [0, 0.1) is 5.92 Å². The van der Waals surface area contributed by atoms with E-state index in [-0.39, 0.29) is 17.9 Å². The number of amides is 1. The highest BCUT2D eigenvalue weighted by Gasteiger charge is 2.36. The van der Waals surface area contributed by atoms with Crippen LogP contribution in [0.25, 0.3) is 11.3 Å². The Kier molecular flexibility index (Phi) is 4.09. The average molecular weight is 334 g/mol. The van der Waals surface area contributed by atoms with Gasteiger partial charge in [0, 0.05) is 24.8 Å². The number of benzene rings is 1. The lowest BCUT2D eigenvalue weighted by molar-refractivity contribution is -0.145. The fourth-order valence-electron chi connectivity index (χ4n) is 2.71. The molecule has 7 heteroatoms. The molecule has 23 heavy (non-hydrogen) atoms. The molecule has 1 heterocycles. The topological polar surface area (TPSA) is 84.2 Å². The van der Waals surface area contributed by atoms with Gasteiger partial charge in [-0.3, -0.25) is 14.3 Å². The van der Waals surface area contributed by atoms with Crippen LogP contribution in [-0.2, 0) is 11.8 Å². The number of rotatable bonds is 4. The van der Waals surface area contributed by atoms with Gasteiger partial charge in [0.2, 0.25) is 0 Å². The van der Waals surface area contributed by atoms with E-state index in [0.717, 1.165) is 0 Å². The van der Waals surface area contributed by atoms with Crippen LogP contribution in [0.5, 0.6) is 0 Å². The smallest absolute Gasteiger partial charge is 0.306 e. The van der Waals surface area contributed by atoms with E-state index in [1.807, 2.05) is 18.2 Å². The van der Waals surface area contributed by atoms with E-state index in [9.17, 15) is 9.59 Å². The lowest BCUT2D eigenvalue weighted by Crippen LogP contribution is -2.46. The summed E-state index contributed by atoms with van der Waals surface area (Å²) in [4.78, 5) is 23.3. The standard InChI is InChI=1S/C16H16ClN3O3/c1-20-8-12(14(19-20)11-4-2-3-5-13(11)17)15(21)18-10-6-9(7-10)16(22)23/h2-5,8-10H,6-7H2,1H3,(H,18,21)(H,22,23). The summed E-state index contributed by atoms with van der Waals surface area (Å²) in [6.07, 6.45) is 2.56. The van der Waals surface area contributed by atoms with Gasteiger partial charge in [0.1, 0.15) is 5.69 Å². The van der Waals surface area contributed by atoms with Crippen LogP contribution in [0.4, 0.5) is 0 Å². The van der Waals surface area contributed by atoms with Gasteiger partial charge >= 0.3 is 5.97 Å². The molecule has 1 amide bonds. The van der Waals surface area contributed by atoms with Gasteiger partial charge in [-0.05, 0) is 18.9 Å². The molecule has 3 rings (SSSR count). The van der Waals surface area contributed by atoms with Gasteiger partial charge in [-0.1, -0.05) is 29.8 Å². The molecular weight excluding hydrogens is 318 g/mol. The predicted molar refractivity (Wildman–Crippen MR) is 85.3 cm³/mol. The Morgan fingerprint density at radius 3 is 2.70 bits per heavy atom. The molecule has 1 aromatic heterocycles. The summed E-state index contributed by atoms with van der Waals surface area (Å²) in [5.41, 5.74) is 1.64. The number of hydrogen-bond acceptors (Lipinski definition) is 3. The molecular formula is C16H16ClN3O3. The Bertz CT molecular complexity index is 766. The van der Waals surface area contributed by atoms with Crippen LogP contribution < -0.4 is 5.32 Å². The number of carboxylic acid groups (broad SMARTS) is 1. The third-order valence-electron chi connectivity index (χ3n) is 4.02. The highest BCUT2D eigenvalue weighted by Crippen LogP contribution is 2.31. The Labute approximate surface area is 138 Å². The van der Waals surface area contributed by atoms with Crippen molar-refractivity contribution in [1.29, 1.82) is 0 Å². The Morgan fingerprint density at radius 1 is 1.35 bits per heavy atom. The monoisotopic (exact) mass is 333 g/mol. The first-order valence-electron chi connectivity index (χ1n) is 7.28. The molecule has 1 aliphatic rings. The normalized spacial score (nSPS) is 19.9. The number of nitrogens with one attached hydrogen (secondary N) is 1. The zero-order valence-corrected chi connectivity index (χ0v) is 13.2. The maximum Gasteiger partial charge on any atom is 0.306 e. The fraction of sp³-hybridized carbons (Fsp3) is 0.312. The number of carboxylic acids is 1. The second-order valence-electron chi connectivity index (χ2n) is 5.72. The minimum absolute atomic E-state index is 0.108. The number of carbonyl (C=O) groups excluding carboxylic acids is 1. The van der Waals surface area contributed by atoms with Gasteiger partial charge in [-0.2, -0.15) is 5.10 Å². The van der Waals surface area contributed by atoms with Crippen LogP contribution in [-0.4, -0.2) is 32.8 Å². The Balaban J connectivity index is 1.80. The molecule has 1 fully saturated rings. The van der Waals surface area contributed by atoms with Gasteiger partial charge in [0.15, 0.2) is 0 Å². The minimum atomic E-state index is -0.811. The fourth-order valence-corrected chi connectivity index (χ4v) is 2.93. The van der Waals surface area contributed by atoms with Gasteiger partial charge in [0.25, 0.3) is 5.91 Å². The van der Waals surface area contributed by atoms with Crippen molar-refractivity contribution in [2.24, 2.45) is 13.0 Å². The van der Waals surface area contributed by atoms with E-state index in [0.29, 0.717) is 34.7 Å². The number of halogens is 1. The van der Waals surface area contributed by atoms with Gasteiger partial charge < -0.3 is 10.4 Å². The Morgan fingerprint density at radius 2 is 2.04 bits per heavy atom. The van der Waals surface area contributed by atoms with E-state index < -0.39 is 5.97 Å². The molecule has 2 aromatic rings. The van der Waals surface area contributed by atoms with Crippen LogP contribution in [0.3, 0.4) is 0 Å². The summed E-state index contributed by atoms with van der Waals surface area (Å²) in [6, 6.07) is 7.10. The molecule has 1 saturated carbocycles. The lowest BCUT2D eigenvalue weighted by atomic mass is 9.80. The molecule has 1 aliphatic carbocycles. The highest BCUT2D eigenvalue weighted by molar-refractivity contribution is 6.33.